The van der Waals surface area contributed by atoms with Gasteiger partial charge in [-0.25, -0.2) is 0 Å². The Labute approximate surface area is 163 Å². The van der Waals surface area contributed by atoms with Gasteiger partial charge in [-0.1, -0.05) is 29.3 Å². The second-order valence-corrected chi connectivity index (χ2v) is 6.51. The molecule has 0 aromatic heterocycles. The van der Waals surface area contributed by atoms with E-state index in [0.29, 0.717) is 33.7 Å². The van der Waals surface area contributed by atoms with Crippen LogP contribution < -0.4 is 10.1 Å². The highest BCUT2D eigenvalue weighted by atomic mass is 35.5. The molecule has 0 saturated heterocycles. The molecule has 0 radical (unpaired) electrons. The van der Waals surface area contributed by atoms with Crippen LogP contribution in [0.2, 0.25) is 10.0 Å². The van der Waals surface area contributed by atoms with E-state index in [-0.39, 0.29) is 5.57 Å². The van der Waals surface area contributed by atoms with E-state index in [4.69, 9.17) is 27.9 Å². The van der Waals surface area contributed by atoms with Crippen LogP contribution in [0.1, 0.15) is 23.6 Å². The highest BCUT2D eigenvalue weighted by molar-refractivity contribution is 6.36. The number of anilines is 1. The van der Waals surface area contributed by atoms with E-state index in [1.165, 1.54) is 6.08 Å². The summed E-state index contributed by atoms with van der Waals surface area (Å²) in [6.45, 7) is 6.14. The fourth-order valence-electron chi connectivity index (χ4n) is 2.31. The lowest BCUT2D eigenvalue weighted by Crippen LogP contribution is -2.13. The highest BCUT2D eigenvalue weighted by Gasteiger charge is 2.14. The van der Waals surface area contributed by atoms with Gasteiger partial charge in [-0.3, -0.25) is 4.79 Å². The number of hydrogen-bond acceptors (Lipinski definition) is 3. The van der Waals surface area contributed by atoms with Crippen molar-refractivity contribution in [3.63, 3.8) is 0 Å². The molecule has 0 saturated carbocycles. The minimum atomic E-state index is -0.519. The van der Waals surface area contributed by atoms with Crippen LogP contribution in [-0.2, 0) is 4.79 Å². The largest absolute Gasteiger partial charge is 0.492 e. The molecule has 134 valence electrons. The first-order valence-corrected chi connectivity index (χ1v) is 8.73. The Balaban J connectivity index is 2.37. The van der Waals surface area contributed by atoms with E-state index >= 15 is 0 Å². The number of carbonyl (C=O) groups excluding carboxylic acids is 1. The van der Waals surface area contributed by atoms with E-state index < -0.39 is 5.91 Å². The van der Waals surface area contributed by atoms with Gasteiger partial charge in [-0.15, -0.1) is 0 Å². The number of ether oxygens (including phenoxy) is 1. The van der Waals surface area contributed by atoms with Crippen molar-refractivity contribution in [2.75, 3.05) is 11.9 Å². The SMILES string of the molecule is CCOc1c(Cl)cc(Cl)cc1/C=C(\C#N)C(=O)Nc1ccc(C)c(C)c1. The Morgan fingerprint density at radius 3 is 2.58 bits per heavy atom. The minimum Gasteiger partial charge on any atom is -0.492 e. The number of hydrogen-bond donors (Lipinski definition) is 1. The van der Waals surface area contributed by atoms with E-state index in [1.807, 2.05) is 39.0 Å². The number of nitrogens with one attached hydrogen (secondary N) is 1. The second-order valence-electron chi connectivity index (χ2n) is 5.66. The van der Waals surface area contributed by atoms with E-state index in [0.717, 1.165) is 11.1 Å². The van der Waals surface area contributed by atoms with Gasteiger partial charge in [-0.05, 0) is 62.2 Å². The summed E-state index contributed by atoms with van der Waals surface area (Å²) in [4.78, 5) is 12.5. The van der Waals surface area contributed by atoms with Crippen molar-refractivity contribution in [3.8, 4) is 11.8 Å². The first-order valence-electron chi connectivity index (χ1n) is 7.98. The molecule has 0 fully saturated rings. The molecular weight excluding hydrogens is 371 g/mol. The third-order valence-corrected chi connectivity index (χ3v) is 4.25. The summed E-state index contributed by atoms with van der Waals surface area (Å²) in [6, 6.07) is 10.6. The molecule has 0 spiro atoms. The molecule has 4 nitrogen and oxygen atoms in total. The van der Waals surface area contributed by atoms with Gasteiger partial charge in [0.15, 0.2) is 0 Å². The normalized spacial score (nSPS) is 11.0. The molecule has 0 unspecified atom stereocenters. The number of benzene rings is 2. The monoisotopic (exact) mass is 388 g/mol. The molecule has 6 heteroatoms. The van der Waals surface area contributed by atoms with Crippen LogP contribution in [0.3, 0.4) is 0 Å². The number of amides is 1. The first kappa shape index (κ1) is 19.8. The summed E-state index contributed by atoms with van der Waals surface area (Å²) in [6.07, 6.45) is 1.42. The molecular formula is C20H18Cl2N2O2. The number of nitrogens with zero attached hydrogens (tertiary/aromatic N) is 1. The second kappa shape index (κ2) is 8.75. The van der Waals surface area contributed by atoms with Gasteiger partial charge in [0.2, 0.25) is 0 Å². The van der Waals surface area contributed by atoms with Crippen molar-refractivity contribution in [1.82, 2.24) is 0 Å². The van der Waals surface area contributed by atoms with Gasteiger partial charge in [0, 0.05) is 16.3 Å². The summed E-state index contributed by atoms with van der Waals surface area (Å²) in [5.41, 5.74) is 3.17. The summed E-state index contributed by atoms with van der Waals surface area (Å²) >= 11 is 12.2. The molecule has 0 atom stereocenters. The smallest absolute Gasteiger partial charge is 0.266 e. The summed E-state index contributed by atoms with van der Waals surface area (Å²) in [5, 5.41) is 12.8. The lowest BCUT2D eigenvalue weighted by Gasteiger charge is -2.11. The van der Waals surface area contributed by atoms with Crippen molar-refractivity contribution in [3.05, 3.63) is 62.6 Å². The molecule has 26 heavy (non-hydrogen) atoms. The average Bonchev–Trinajstić information content (AvgIpc) is 2.58. The minimum absolute atomic E-state index is 0.0810. The zero-order chi connectivity index (χ0) is 19.3. The number of carbonyl (C=O) groups is 1. The number of rotatable bonds is 5. The maximum Gasteiger partial charge on any atom is 0.266 e. The molecule has 0 aliphatic carbocycles. The Hall–Kier alpha value is -2.48. The standard InChI is InChI=1S/C20H18Cl2N2O2/c1-4-26-19-14(9-16(21)10-18(19)22)8-15(11-23)20(25)24-17-6-5-12(2)13(3)7-17/h5-10H,4H2,1-3H3,(H,24,25)/b15-8+. The predicted molar refractivity (Wildman–Crippen MR) is 106 cm³/mol. The summed E-state index contributed by atoms with van der Waals surface area (Å²) in [5.74, 6) is -0.139. The lowest BCUT2D eigenvalue weighted by atomic mass is 10.1. The maximum absolute atomic E-state index is 12.5. The third kappa shape index (κ3) is 4.78. The van der Waals surface area contributed by atoms with Crippen LogP contribution in [0.5, 0.6) is 5.75 Å². The van der Waals surface area contributed by atoms with E-state index in [1.54, 1.807) is 18.2 Å². The quantitative estimate of drug-likeness (QED) is 0.538. The van der Waals surface area contributed by atoms with Crippen molar-refractivity contribution in [2.45, 2.75) is 20.8 Å². The van der Waals surface area contributed by atoms with Crippen molar-refractivity contribution >= 4 is 40.9 Å². The summed E-state index contributed by atoms with van der Waals surface area (Å²) < 4.78 is 5.52. The number of nitriles is 1. The van der Waals surface area contributed by atoms with Crippen LogP contribution >= 0.6 is 23.2 Å². The highest BCUT2D eigenvalue weighted by Crippen LogP contribution is 2.34. The van der Waals surface area contributed by atoms with Gasteiger partial charge in [-0.2, -0.15) is 5.26 Å². The van der Waals surface area contributed by atoms with Crippen molar-refractivity contribution in [2.24, 2.45) is 0 Å². The zero-order valence-corrected chi connectivity index (χ0v) is 16.2. The predicted octanol–water partition coefficient (Wildman–Crippen LogP) is 5.55. The molecule has 0 aliphatic rings. The Bertz CT molecular complexity index is 915. The van der Waals surface area contributed by atoms with Gasteiger partial charge in [0.05, 0.1) is 11.6 Å². The van der Waals surface area contributed by atoms with E-state index in [9.17, 15) is 10.1 Å². The molecule has 0 bridgehead atoms. The Morgan fingerprint density at radius 1 is 1.23 bits per heavy atom. The molecule has 0 heterocycles. The lowest BCUT2D eigenvalue weighted by molar-refractivity contribution is -0.112. The third-order valence-electron chi connectivity index (χ3n) is 3.76. The van der Waals surface area contributed by atoms with Crippen LogP contribution in [-0.4, -0.2) is 12.5 Å². The first-order chi connectivity index (χ1) is 12.3. The van der Waals surface area contributed by atoms with Crippen LogP contribution in [0.4, 0.5) is 5.69 Å². The molecule has 1 amide bonds. The van der Waals surface area contributed by atoms with E-state index in [2.05, 4.69) is 5.32 Å². The van der Waals surface area contributed by atoms with Gasteiger partial charge >= 0.3 is 0 Å². The molecule has 2 rings (SSSR count). The van der Waals surface area contributed by atoms with Gasteiger partial charge < -0.3 is 10.1 Å². The number of halogens is 2. The molecule has 2 aromatic rings. The van der Waals surface area contributed by atoms with Crippen LogP contribution in [0, 0.1) is 25.2 Å². The zero-order valence-electron chi connectivity index (χ0n) is 14.7. The Morgan fingerprint density at radius 2 is 1.96 bits per heavy atom. The molecule has 1 N–H and O–H groups in total. The van der Waals surface area contributed by atoms with Crippen molar-refractivity contribution in [1.29, 1.82) is 5.26 Å². The molecule has 0 aliphatic heterocycles. The summed E-state index contributed by atoms with van der Waals surface area (Å²) in [7, 11) is 0. The van der Waals surface area contributed by atoms with Crippen molar-refractivity contribution < 1.29 is 9.53 Å². The number of aryl methyl sites for hydroxylation is 2. The Kier molecular flexibility index (Phi) is 6.68. The van der Waals surface area contributed by atoms with Gasteiger partial charge in [0.25, 0.3) is 5.91 Å². The molecule has 2 aromatic carbocycles. The average molecular weight is 389 g/mol. The van der Waals surface area contributed by atoms with Gasteiger partial charge in [0.1, 0.15) is 17.4 Å². The maximum atomic E-state index is 12.5. The van der Waals surface area contributed by atoms with Crippen LogP contribution in [0.15, 0.2) is 35.9 Å². The topological polar surface area (TPSA) is 62.1 Å². The fraction of sp³-hybridized carbons (Fsp3) is 0.200. The fourth-order valence-corrected chi connectivity index (χ4v) is 2.87. The van der Waals surface area contributed by atoms with Crippen LogP contribution in [0.25, 0.3) is 6.08 Å².